The molecule has 0 spiro atoms. The number of pyridine rings is 1. The predicted molar refractivity (Wildman–Crippen MR) is 90.2 cm³/mol. The van der Waals surface area contributed by atoms with E-state index in [0.29, 0.717) is 5.41 Å². The lowest BCUT2D eigenvalue weighted by molar-refractivity contribution is -0.0988. The van der Waals surface area contributed by atoms with Crippen LogP contribution >= 0.6 is 15.9 Å². The molecular weight excluding hydrogens is 328 g/mol. The van der Waals surface area contributed by atoms with E-state index in [9.17, 15) is 0 Å². The average molecular weight is 355 g/mol. The highest BCUT2D eigenvalue weighted by Gasteiger charge is 2.43. The lowest BCUT2D eigenvalue weighted by Gasteiger charge is -2.46. The van der Waals surface area contributed by atoms with E-state index in [1.807, 2.05) is 18.3 Å². The molecule has 0 bridgehead atoms. The van der Waals surface area contributed by atoms with E-state index in [1.165, 1.54) is 12.8 Å². The quantitative estimate of drug-likeness (QED) is 0.865. The third-order valence-corrected chi connectivity index (χ3v) is 5.24. The van der Waals surface area contributed by atoms with E-state index in [2.05, 4.69) is 41.7 Å². The van der Waals surface area contributed by atoms with Crippen LogP contribution in [-0.4, -0.2) is 23.2 Å². The van der Waals surface area contributed by atoms with Crippen molar-refractivity contribution < 1.29 is 4.74 Å². The fraction of sp³-hybridized carbons (Fsp3) is 0.706. The Morgan fingerprint density at radius 3 is 2.48 bits per heavy atom. The monoisotopic (exact) mass is 354 g/mol. The Labute approximate surface area is 136 Å². The number of ether oxygens (including phenoxy) is 1. The minimum absolute atomic E-state index is 0.00206. The van der Waals surface area contributed by atoms with Gasteiger partial charge in [-0.05, 0) is 66.1 Å². The van der Waals surface area contributed by atoms with Crippen molar-refractivity contribution in [3.8, 4) is 0 Å². The van der Waals surface area contributed by atoms with Crippen LogP contribution in [0.1, 0.15) is 52.1 Å². The average Bonchev–Trinajstić information content (AvgIpc) is 2.44. The van der Waals surface area contributed by atoms with Crippen molar-refractivity contribution in [1.82, 2.24) is 4.98 Å². The minimum atomic E-state index is -0.182. The van der Waals surface area contributed by atoms with Crippen LogP contribution < -0.4 is 5.73 Å². The first-order valence-corrected chi connectivity index (χ1v) is 8.66. The van der Waals surface area contributed by atoms with Crippen LogP contribution in [0.15, 0.2) is 22.8 Å². The number of hydrogen-bond donors (Lipinski definition) is 1. The first kappa shape index (κ1) is 16.9. The molecule has 1 aromatic rings. The summed E-state index contributed by atoms with van der Waals surface area (Å²) in [4.78, 5) is 4.45. The Kier molecular flexibility index (Phi) is 5.44. The summed E-state index contributed by atoms with van der Waals surface area (Å²) >= 11 is 3.42. The van der Waals surface area contributed by atoms with Crippen molar-refractivity contribution in [2.24, 2.45) is 11.1 Å². The second-order valence-electron chi connectivity index (χ2n) is 6.94. The molecule has 3 nitrogen and oxygen atoms in total. The summed E-state index contributed by atoms with van der Waals surface area (Å²) in [5.74, 6) is 0. The summed E-state index contributed by atoms with van der Waals surface area (Å²) < 4.78 is 7.16. The summed E-state index contributed by atoms with van der Waals surface area (Å²) in [6.45, 7) is 7.46. The third-order valence-electron chi connectivity index (χ3n) is 4.78. The molecule has 1 saturated carbocycles. The summed E-state index contributed by atoms with van der Waals surface area (Å²) in [5, 5.41) is 0. The smallest absolute Gasteiger partial charge is 0.0836 e. The van der Waals surface area contributed by atoms with E-state index in [0.717, 1.165) is 36.0 Å². The molecule has 2 rings (SSSR count). The zero-order valence-electron chi connectivity index (χ0n) is 13.4. The van der Waals surface area contributed by atoms with Gasteiger partial charge in [0.25, 0.3) is 0 Å². The molecule has 0 saturated heterocycles. The highest BCUT2D eigenvalue weighted by molar-refractivity contribution is 9.10. The number of nitrogens with zero attached hydrogens (tertiary/aromatic N) is 1. The molecule has 0 aromatic carbocycles. The normalized spacial score (nSPS) is 22.0. The van der Waals surface area contributed by atoms with Gasteiger partial charge in [0.1, 0.15) is 0 Å². The van der Waals surface area contributed by atoms with Gasteiger partial charge in [0.05, 0.1) is 5.60 Å². The van der Waals surface area contributed by atoms with Gasteiger partial charge in [-0.1, -0.05) is 13.8 Å². The van der Waals surface area contributed by atoms with Crippen molar-refractivity contribution in [3.05, 3.63) is 28.5 Å². The van der Waals surface area contributed by atoms with E-state index >= 15 is 0 Å². The zero-order chi connectivity index (χ0) is 15.5. The summed E-state index contributed by atoms with van der Waals surface area (Å²) in [5.41, 5.74) is 7.82. The van der Waals surface area contributed by atoms with E-state index in [4.69, 9.17) is 10.5 Å². The highest BCUT2D eigenvalue weighted by Crippen LogP contribution is 2.43. The Hall–Kier alpha value is -0.450. The summed E-state index contributed by atoms with van der Waals surface area (Å²) in [6.07, 6.45) is 7.05. The number of nitrogens with two attached hydrogens (primary N) is 1. The van der Waals surface area contributed by atoms with Gasteiger partial charge in [0.2, 0.25) is 0 Å². The lowest BCUT2D eigenvalue weighted by Crippen LogP contribution is -2.54. The van der Waals surface area contributed by atoms with Crippen LogP contribution in [0.2, 0.25) is 0 Å². The summed E-state index contributed by atoms with van der Waals surface area (Å²) in [7, 11) is 0. The zero-order valence-corrected chi connectivity index (χ0v) is 14.9. The maximum atomic E-state index is 6.55. The van der Waals surface area contributed by atoms with Gasteiger partial charge < -0.3 is 10.5 Å². The molecule has 118 valence electrons. The SMILES string of the molecule is CCOC1(C(N)Cc2ccc(Br)cn2)CCC(C)(C)CC1. The van der Waals surface area contributed by atoms with Crippen molar-refractivity contribution in [1.29, 1.82) is 0 Å². The molecule has 21 heavy (non-hydrogen) atoms. The van der Waals surface area contributed by atoms with Gasteiger partial charge in [0.15, 0.2) is 0 Å². The Balaban J connectivity index is 2.08. The molecular formula is C17H27BrN2O. The fourth-order valence-electron chi connectivity index (χ4n) is 3.20. The first-order valence-electron chi connectivity index (χ1n) is 7.87. The van der Waals surface area contributed by atoms with Crippen LogP contribution in [0.25, 0.3) is 0 Å². The molecule has 0 radical (unpaired) electrons. The number of hydrogen-bond acceptors (Lipinski definition) is 3. The summed E-state index contributed by atoms with van der Waals surface area (Å²) in [6, 6.07) is 4.06. The van der Waals surface area contributed by atoms with Gasteiger partial charge in [0, 0.05) is 35.4 Å². The largest absolute Gasteiger partial charge is 0.374 e. The van der Waals surface area contributed by atoms with Crippen molar-refractivity contribution in [3.63, 3.8) is 0 Å². The van der Waals surface area contributed by atoms with Crippen LogP contribution in [-0.2, 0) is 11.2 Å². The van der Waals surface area contributed by atoms with Crippen molar-refractivity contribution in [2.45, 2.75) is 64.5 Å². The second-order valence-corrected chi connectivity index (χ2v) is 7.86. The molecule has 1 aromatic heterocycles. The van der Waals surface area contributed by atoms with Gasteiger partial charge >= 0.3 is 0 Å². The molecule has 2 N–H and O–H groups in total. The van der Waals surface area contributed by atoms with E-state index in [1.54, 1.807) is 0 Å². The molecule has 4 heteroatoms. The Morgan fingerprint density at radius 2 is 1.95 bits per heavy atom. The molecule has 1 aliphatic rings. The number of halogens is 1. The second kappa shape index (κ2) is 6.76. The number of aromatic nitrogens is 1. The first-order chi connectivity index (χ1) is 9.87. The van der Waals surface area contributed by atoms with Gasteiger partial charge in [-0.2, -0.15) is 0 Å². The molecule has 1 fully saturated rings. The maximum absolute atomic E-state index is 6.55. The predicted octanol–water partition coefficient (Wildman–Crippen LogP) is 4.09. The topological polar surface area (TPSA) is 48.1 Å². The van der Waals surface area contributed by atoms with Gasteiger partial charge in [-0.15, -0.1) is 0 Å². The van der Waals surface area contributed by atoms with Gasteiger partial charge in [-0.25, -0.2) is 0 Å². The van der Waals surface area contributed by atoms with E-state index < -0.39 is 0 Å². The lowest BCUT2D eigenvalue weighted by atomic mass is 9.68. The van der Waals surface area contributed by atoms with Crippen LogP contribution in [0.3, 0.4) is 0 Å². The van der Waals surface area contributed by atoms with E-state index in [-0.39, 0.29) is 11.6 Å². The molecule has 1 unspecified atom stereocenters. The Morgan fingerprint density at radius 1 is 1.29 bits per heavy atom. The maximum Gasteiger partial charge on any atom is 0.0836 e. The molecule has 1 atom stereocenters. The fourth-order valence-corrected chi connectivity index (χ4v) is 3.43. The molecule has 0 amide bonds. The van der Waals surface area contributed by atoms with Gasteiger partial charge in [-0.3, -0.25) is 4.98 Å². The number of rotatable bonds is 5. The van der Waals surface area contributed by atoms with Crippen LogP contribution in [0.4, 0.5) is 0 Å². The standard InChI is InChI=1S/C17H27BrN2O/c1-4-21-17(9-7-16(2,3)8-10-17)15(19)11-14-6-5-13(18)12-20-14/h5-6,12,15H,4,7-11,19H2,1-3H3. The molecule has 1 heterocycles. The van der Waals surface area contributed by atoms with Crippen molar-refractivity contribution >= 4 is 15.9 Å². The van der Waals surface area contributed by atoms with Crippen molar-refractivity contribution in [2.75, 3.05) is 6.61 Å². The van der Waals surface area contributed by atoms with Crippen LogP contribution in [0, 0.1) is 5.41 Å². The molecule has 0 aliphatic heterocycles. The Bertz CT molecular complexity index is 448. The third kappa shape index (κ3) is 4.27. The van der Waals surface area contributed by atoms with Crippen LogP contribution in [0.5, 0.6) is 0 Å². The minimum Gasteiger partial charge on any atom is -0.374 e. The highest BCUT2D eigenvalue weighted by atomic mass is 79.9. The molecule has 1 aliphatic carbocycles.